The van der Waals surface area contributed by atoms with Gasteiger partial charge in [-0.2, -0.15) is 0 Å². The van der Waals surface area contributed by atoms with Crippen LogP contribution in [0.25, 0.3) is 5.57 Å². The molecule has 3 nitrogen and oxygen atoms in total. The molecule has 1 amide bonds. The molecule has 5 rings (SSSR count). The van der Waals surface area contributed by atoms with Gasteiger partial charge in [-0.05, 0) is 73.4 Å². The Labute approximate surface area is 173 Å². The molecule has 3 heteroatoms. The predicted molar refractivity (Wildman–Crippen MR) is 119 cm³/mol. The van der Waals surface area contributed by atoms with E-state index < -0.39 is 0 Å². The van der Waals surface area contributed by atoms with E-state index in [0.29, 0.717) is 0 Å². The fourth-order valence-corrected chi connectivity index (χ4v) is 5.61. The van der Waals surface area contributed by atoms with Gasteiger partial charge in [0.15, 0.2) is 0 Å². The molecule has 0 saturated heterocycles. The van der Waals surface area contributed by atoms with Crippen molar-refractivity contribution < 1.29 is 4.79 Å². The number of nitrogens with zero attached hydrogens (tertiary/aromatic N) is 1. The molecule has 1 aliphatic carbocycles. The summed E-state index contributed by atoms with van der Waals surface area (Å²) in [5.41, 5.74) is 6.38. The third kappa shape index (κ3) is 3.42. The minimum Gasteiger partial charge on any atom is -0.325 e. The molecule has 150 valence electrons. The van der Waals surface area contributed by atoms with Crippen LogP contribution in [0.5, 0.6) is 0 Å². The van der Waals surface area contributed by atoms with Crippen LogP contribution >= 0.6 is 0 Å². The number of carbonyl (C=O) groups is 1. The Morgan fingerprint density at radius 1 is 1.00 bits per heavy atom. The van der Waals surface area contributed by atoms with E-state index in [4.69, 9.17) is 0 Å². The van der Waals surface area contributed by atoms with Crippen LogP contribution in [0.2, 0.25) is 0 Å². The van der Waals surface area contributed by atoms with Crippen molar-refractivity contribution in [3.05, 3.63) is 71.3 Å². The summed E-state index contributed by atoms with van der Waals surface area (Å²) in [6.07, 6.45) is 10.1. The summed E-state index contributed by atoms with van der Waals surface area (Å²) in [6.45, 7) is 3.31. The molecular formula is C26H30N2O. The Bertz CT molecular complexity index is 933. The maximum atomic E-state index is 12.9. The van der Waals surface area contributed by atoms with E-state index in [1.54, 1.807) is 0 Å². The maximum absolute atomic E-state index is 12.9. The average Bonchev–Trinajstić information content (AvgIpc) is 3.06. The van der Waals surface area contributed by atoms with Crippen LogP contribution in [0, 0.1) is 0 Å². The maximum Gasteiger partial charge on any atom is 0.235 e. The highest BCUT2D eigenvalue weighted by atomic mass is 16.2. The second-order valence-electron chi connectivity index (χ2n) is 8.83. The van der Waals surface area contributed by atoms with Crippen LogP contribution in [0.1, 0.15) is 55.2 Å². The zero-order chi connectivity index (χ0) is 19.7. The number of unbranched alkanes of at least 4 members (excludes halogenated alkanes) is 1. The smallest absolute Gasteiger partial charge is 0.235 e. The molecule has 0 aromatic heterocycles. The number of benzene rings is 2. The van der Waals surface area contributed by atoms with E-state index in [9.17, 15) is 4.79 Å². The van der Waals surface area contributed by atoms with Crippen LogP contribution in [0.4, 0.5) is 5.69 Å². The number of rotatable bonds is 6. The molecule has 2 heterocycles. The minimum absolute atomic E-state index is 0.244. The SMILES string of the molecule is O=C1Nc2cccc3c2[C@]1(CCCCN1CC=C(c2ccccc2)CC1)CCC3. The third-order valence-corrected chi connectivity index (χ3v) is 7.13. The number of carbonyl (C=O) groups excluding carboxylic acids is 1. The first kappa shape index (κ1) is 18.6. The van der Waals surface area contributed by atoms with E-state index in [1.807, 2.05) is 0 Å². The zero-order valence-electron chi connectivity index (χ0n) is 17.1. The normalized spacial score (nSPS) is 23.4. The number of aryl methyl sites for hydroxylation is 1. The molecule has 1 atom stereocenters. The van der Waals surface area contributed by atoms with Gasteiger partial charge in [-0.15, -0.1) is 0 Å². The van der Waals surface area contributed by atoms with Gasteiger partial charge >= 0.3 is 0 Å². The summed E-state index contributed by atoms with van der Waals surface area (Å²) in [5, 5.41) is 3.17. The number of hydrogen-bond acceptors (Lipinski definition) is 2. The van der Waals surface area contributed by atoms with Gasteiger partial charge in [0.25, 0.3) is 0 Å². The molecular weight excluding hydrogens is 356 g/mol. The lowest BCUT2D eigenvalue weighted by molar-refractivity contribution is -0.121. The lowest BCUT2D eigenvalue weighted by Gasteiger charge is -2.33. The molecule has 2 aromatic carbocycles. The van der Waals surface area contributed by atoms with Crippen LogP contribution in [0.3, 0.4) is 0 Å². The second kappa shape index (κ2) is 7.79. The standard InChI is InChI=1S/C26H30N2O/c29-25-26(16-7-11-22-10-6-12-23(27-25)24(22)26)15-4-5-17-28-18-13-21(14-19-28)20-8-2-1-3-9-20/h1-3,6,8-10,12-13H,4-5,7,11,14-19H2,(H,27,29)/t26-/m0/s1. The summed E-state index contributed by atoms with van der Waals surface area (Å²) < 4.78 is 0. The average molecular weight is 387 g/mol. The minimum atomic E-state index is -0.257. The van der Waals surface area contributed by atoms with E-state index in [0.717, 1.165) is 63.8 Å². The van der Waals surface area contributed by atoms with Gasteiger partial charge < -0.3 is 5.32 Å². The summed E-state index contributed by atoms with van der Waals surface area (Å²) in [5.74, 6) is 0.244. The van der Waals surface area contributed by atoms with Crippen molar-refractivity contribution in [1.29, 1.82) is 0 Å². The lowest BCUT2D eigenvalue weighted by Crippen LogP contribution is -2.37. The van der Waals surface area contributed by atoms with Crippen molar-refractivity contribution in [2.24, 2.45) is 0 Å². The first-order valence-electron chi connectivity index (χ1n) is 11.2. The molecule has 0 spiro atoms. The summed E-state index contributed by atoms with van der Waals surface area (Å²) in [6, 6.07) is 17.1. The van der Waals surface area contributed by atoms with Crippen molar-refractivity contribution in [1.82, 2.24) is 4.90 Å². The molecule has 2 aliphatic heterocycles. The third-order valence-electron chi connectivity index (χ3n) is 7.13. The van der Waals surface area contributed by atoms with Gasteiger partial charge in [-0.1, -0.05) is 55.0 Å². The zero-order valence-corrected chi connectivity index (χ0v) is 17.1. The lowest BCUT2D eigenvalue weighted by atomic mass is 9.68. The van der Waals surface area contributed by atoms with E-state index in [1.165, 1.54) is 28.7 Å². The van der Waals surface area contributed by atoms with Crippen LogP contribution in [0.15, 0.2) is 54.6 Å². The largest absolute Gasteiger partial charge is 0.325 e. The first-order chi connectivity index (χ1) is 14.3. The van der Waals surface area contributed by atoms with Crippen LogP contribution in [-0.4, -0.2) is 30.4 Å². The first-order valence-corrected chi connectivity index (χ1v) is 11.2. The number of anilines is 1. The van der Waals surface area contributed by atoms with Gasteiger partial charge in [0.1, 0.15) is 0 Å². The molecule has 1 N–H and O–H groups in total. The van der Waals surface area contributed by atoms with Crippen molar-refractivity contribution >= 4 is 17.2 Å². The van der Waals surface area contributed by atoms with Crippen molar-refractivity contribution in [2.75, 3.05) is 25.0 Å². The Kier molecular flexibility index (Phi) is 5.01. The Hall–Kier alpha value is -2.39. The Morgan fingerprint density at radius 2 is 1.90 bits per heavy atom. The molecule has 2 aromatic rings. The molecule has 0 fully saturated rings. The predicted octanol–water partition coefficient (Wildman–Crippen LogP) is 5.17. The fourth-order valence-electron chi connectivity index (χ4n) is 5.61. The van der Waals surface area contributed by atoms with Crippen molar-refractivity contribution in [3.63, 3.8) is 0 Å². The summed E-state index contributed by atoms with van der Waals surface area (Å²) in [4.78, 5) is 15.5. The molecule has 0 unspecified atom stereocenters. The topological polar surface area (TPSA) is 32.3 Å². The van der Waals surface area contributed by atoms with Crippen molar-refractivity contribution in [3.8, 4) is 0 Å². The highest BCUT2D eigenvalue weighted by Crippen LogP contribution is 2.49. The number of hydrogen-bond donors (Lipinski definition) is 1. The van der Waals surface area contributed by atoms with Gasteiger partial charge in [0.2, 0.25) is 5.91 Å². The van der Waals surface area contributed by atoms with Gasteiger partial charge in [0.05, 0.1) is 5.41 Å². The van der Waals surface area contributed by atoms with Crippen molar-refractivity contribution in [2.45, 2.75) is 50.4 Å². The number of nitrogens with one attached hydrogen (secondary N) is 1. The van der Waals surface area contributed by atoms with E-state index >= 15 is 0 Å². The van der Waals surface area contributed by atoms with Crippen LogP contribution in [-0.2, 0) is 16.6 Å². The number of amides is 1. The van der Waals surface area contributed by atoms with E-state index in [2.05, 4.69) is 64.8 Å². The van der Waals surface area contributed by atoms with Crippen LogP contribution < -0.4 is 5.32 Å². The molecule has 29 heavy (non-hydrogen) atoms. The molecule has 0 bridgehead atoms. The monoisotopic (exact) mass is 386 g/mol. The Morgan fingerprint density at radius 3 is 2.72 bits per heavy atom. The van der Waals surface area contributed by atoms with E-state index in [-0.39, 0.29) is 11.3 Å². The molecule has 3 aliphatic rings. The summed E-state index contributed by atoms with van der Waals surface area (Å²) in [7, 11) is 0. The molecule has 0 saturated carbocycles. The highest BCUT2D eigenvalue weighted by molar-refractivity contribution is 6.07. The van der Waals surface area contributed by atoms with Gasteiger partial charge in [-0.25, -0.2) is 0 Å². The highest BCUT2D eigenvalue weighted by Gasteiger charge is 2.48. The Balaban J connectivity index is 1.17. The van der Waals surface area contributed by atoms with Gasteiger partial charge in [0, 0.05) is 18.8 Å². The second-order valence-corrected chi connectivity index (χ2v) is 8.83. The van der Waals surface area contributed by atoms with Gasteiger partial charge in [-0.3, -0.25) is 9.69 Å². The summed E-state index contributed by atoms with van der Waals surface area (Å²) >= 11 is 0. The fraction of sp³-hybridized carbons (Fsp3) is 0.423. The quantitative estimate of drug-likeness (QED) is 0.695. The molecule has 0 radical (unpaired) electrons.